The third-order valence-electron chi connectivity index (χ3n) is 5.08. The van der Waals surface area contributed by atoms with Gasteiger partial charge in [-0.15, -0.1) is 0 Å². The van der Waals surface area contributed by atoms with Gasteiger partial charge in [-0.05, 0) is 53.9 Å². The number of carbonyl (C=O) groups is 1. The second-order valence-electron chi connectivity index (χ2n) is 7.27. The minimum atomic E-state index is -0.540. The average molecular weight is 419 g/mol. The third-order valence-corrected chi connectivity index (χ3v) is 5.08. The highest BCUT2D eigenvalue weighted by molar-refractivity contribution is 5.94. The van der Waals surface area contributed by atoms with Crippen LogP contribution in [0, 0.1) is 11.3 Å². The van der Waals surface area contributed by atoms with Crippen LogP contribution in [0.1, 0.15) is 34.5 Å². The van der Waals surface area contributed by atoms with Crippen molar-refractivity contribution in [1.29, 1.82) is 5.26 Å². The molecule has 0 aliphatic rings. The normalized spacial score (nSPS) is 11.2. The first kappa shape index (κ1) is 20.9. The number of carbonyl (C=O) groups excluding carboxylic acids is 1. The van der Waals surface area contributed by atoms with Crippen molar-refractivity contribution >= 4 is 5.97 Å². The van der Waals surface area contributed by atoms with Crippen molar-refractivity contribution in [3.8, 4) is 28.7 Å². The van der Waals surface area contributed by atoms with Gasteiger partial charge in [0.15, 0.2) is 0 Å². The fourth-order valence-corrected chi connectivity index (χ4v) is 3.34. The summed E-state index contributed by atoms with van der Waals surface area (Å²) < 4.78 is 11.6. The molecule has 1 unspecified atom stereocenters. The molecule has 0 radical (unpaired) electrons. The van der Waals surface area contributed by atoms with E-state index in [0.717, 1.165) is 16.7 Å². The Morgan fingerprint density at radius 3 is 2.09 bits per heavy atom. The lowest BCUT2D eigenvalue weighted by Gasteiger charge is -2.18. The van der Waals surface area contributed by atoms with Crippen LogP contribution in [-0.2, 0) is 0 Å². The summed E-state index contributed by atoms with van der Waals surface area (Å²) in [5, 5.41) is 9.29. The van der Waals surface area contributed by atoms with Crippen LogP contribution in [-0.4, -0.2) is 5.97 Å². The molecule has 1 atom stereocenters. The van der Waals surface area contributed by atoms with Gasteiger partial charge in [0.1, 0.15) is 23.2 Å². The van der Waals surface area contributed by atoms with Gasteiger partial charge in [-0.3, -0.25) is 0 Å². The maximum absolute atomic E-state index is 12.8. The van der Waals surface area contributed by atoms with Crippen molar-refractivity contribution in [1.82, 2.24) is 0 Å². The van der Waals surface area contributed by atoms with Crippen molar-refractivity contribution in [2.75, 3.05) is 0 Å². The van der Waals surface area contributed by atoms with Gasteiger partial charge >= 0.3 is 5.97 Å². The summed E-state index contributed by atoms with van der Waals surface area (Å²) >= 11 is 0. The van der Waals surface area contributed by atoms with Crippen molar-refractivity contribution in [3.05, 3.63) is 120 Å². The molecular weight excluding hydrogens is 398 g/mol. The van der Waals surface area contributed by atoms with Crippen LogP contribution < -0.4 is 9.47 Å². The quantitative estimate of drug-likeness (QED) is 0.261. The van der Waals surface area contributed by atoms with E-state index in [-0.39, 0.29) is 11.7 Å². The smallest absolute Gasteiger partial charge is 0.347 e. The van der Waals surface area contributed by atoms with Gasteiger partial charge in [0.25, 0.3) is 0 Å². The highest BCUT2D eigenvalue weighted by Crippen LogP contribution is 2.29. The molecule has 4 heteroatoms. The van der Waals surface area contributed by atoms with E-state index in [1.165, 1.54) is 0 Å². The number of ether oxygens (including phenoxy) is 2. The average Bonchev–Trinajstić information content (AvgIpc) is 2.85. The molecule has 0 amide bonds. The van der Waals surface area contributed by atoms with Crippen molar-refractivity contribution in [2.45, 2.75) is 13.0 Å². The van der Waals surface area contributed by atoms with Crippen LogP contribution in [0.25, 0.3) is 11.1 Å². The van der Waals surface area contributed by atoms with Crippen molar-refractivity contribution in [2.24, 2.45) is 0 Å². The number of benzene rings is 4. The first-order valence-corrected chi connectivity index (χ1v) is 10.3. The van der Waals surface area contributed by atoms with E-state index in [1.54, 1.807) is 42.5 Å². The Hall–Kier alpha value is -4.36. The predicted octanol–water partition coefficient (Wildman–Crippen LogP) is 6.58. The minimum Gasteiger partial charge on any atom is -0.485 e. The standard InChI is InChI=1S/C28H21NO3/c1-20(22-13-15-24(16-14-22)23-8-4-2-5-9-23)31-27-18-21(19-29)12-17-26(27)28(30)32-25-10-6-3-7-11-25/h2-18,20H,1H3. The second kappa shape index (κ2) is 9.63. The SMILES string of the molecule is CC(Oc1cc(C#N)ccc1C(=O)Oc1ccccc1)c1ccc(-c2ccccc2)cc1. The molecule has 0 aliphatic heterocycles. The number of para-hydroxylation sites is 1. The van der Waals surface area contributed by atoms with Crippen molar-refractivity contribution < 1.29 is 14.3 Å². The van der Waals surface area contributed by atoms with Crippen LogP contribution in [0.15, 0.2) is 103 Å². The van der Waals surface area contributed by atoms with Gasteiger partial charge in [0, 0.05) is 0 Å². The number of esters is 1. The lowest BCUT2D eigenvalue weighted by molar-refractivity contribution is 0.0727. The Kier molecular flexibility index (Phi) is 6.29. The molecule has 0 fully saturated rings. The molecule has 0 aromatic heterocycles. The molecule has 0 saturated carbocycles. The molecular formula is C28H21NO3. The fourth-order valence-electron chi connectivity index (χ4n) is 3.34. The Morgan fingerprint density at radius 2 is 1.44 bits per heavy atom. The summed E-state index contributed by atoms with van der Waals surface area (Å²) in [7, 11) is 0. The molecule has 4 rings (SSSR count). The lowest BCUT2D eigenvalue weighted by atomic mass is 10.0. The van der Waals surface area contributed by atoms with E-state index in [9.17, 15) is 10.1 Å². The Bertz CT molecular complexity index is 1240. The number of nitriles is 1. The van der Waals surface area contributed by atoms with Gasteiger partial charge in [-0.2, -0.15) is 5.26 Å². The molecule has 4 nitrogen and oxygen atoms in total. The highest BCUT2D eigenvalue weighted by Gasteiger charge is 2.18. The molecule has 32 heavy (non-hydrogen) atoms. The van der Waals surface area contributed by atoms with E-state index in [4.69, 9.17) is 9.47 Å². The van der Waals surface area contributed by atoms with E-state index in [1.807, 2.05) is 55.5 Å². The first-order valence-electron chi connectivity index (χ1n) is 10.3. The third kappa shape index (κ3) is 4.85. The Labute approximate surface area is 187 Å². The zero-order valence-corrected chi connectivity index (χ0v) is 17.6. The number of hydrogen-bond acceptors (Lipinski definition) is 4. The second-order valence-corrected chi connectivity index (χ2v) is 7.27. The molecule has 156 valence electrons. The van der Waals surface area contributed by atoms with Gasteiger partial charge in [-0.1, -0.05) is 72.8 Å². The van der Waals surface area contributed by atoms with Crippen molar-refractivity contribution in [3.63, 3.8) is 0 Å². The van der Waals surface area contributed by atoms with Crippen LogP contribution in [0.2, 0.25) is 0 Å². The molecule has 0 heterocycles. The van der Waals surface area contributed by atoms with E-state index >= 15 is 0 Å². The van der Waals surface area contributed by atoms with Crippen LogP contribution >= 0.6 is 0 Å². The van der Waals surface area contributed by atoms with Crippen LogP contribution in [0.5, 0.6) is 11.5 Å². The summed E-state index contributed by atoms with van der Waals surface area (Å²) in [5.41, 5.74) is 3.87. The van der Waals surface area contributed by atoms with Crippen LogP contribution in [0.3, 0.4) is 0 Å². The molecule has 4 aromatic carbocycles. The summed E-state index contributed by atoms with van der Waals surface area (Å²) in [6, 6.07) is 33.9. The Balaban J connectivity index is 1.56. The topological polar surface area (TPSA) is 59.3 Å². The number of nitrogens with zero attached hydrogens (tertiary/aromatic N) is 1. The van der Waals surface area contributed by atoms with Gasteiger partial charge in [-0.25, -0.2) is 4.79 Å². The monoisotopic (exact) mass is 419 g/mol. The van der Waals surface area contributed by atoms with Gasteiger partial charge in [0.2, 0.25) is 0 Å². The Morgan fingerprint density at radius 1 is 0.812 bits per heavy atom. The van der Waals surface area contributed by atoms with E-state index in [2.05, 4.69) is 18.2 Å². The van der Waals surface area contributed by atoms with Gasteiger partial charge < -0.3 is 9.47 Å². The minimum absolute atomic E-state index is 0.264. The predicted molar refractivity (Wildman–Crippen MR) is 123 cm³/mol. The molecule has 0 spiro atoms. The maximum atomic E-state index is 12.8. The zero-order chi connectivity index (χ0) is 22.3. The molecule has 0 saturated heterocycles. The maximum Gasteiger partial charge on any atom is 0.347 e. The largest absolute Gasteiger partial charge is 0.485 e. The summed E-state index contributed by atoms with van der Waals surface area (Å²) in [4.78, 5) is 12.8. The lowest BCUT2D eigenvalue weighted by Crippen LogP contribution is -2.12. The summed E-state index contributed by atoms with van der Waals surface area (Å²) in [6.07, 6.45) is -0.336. The highest BCUT2D eigenvalue weighted by atomic mass is 16.5. The number of rotatable bonds is 6. The first-order chi connectivity index (χ1) is 15.6. The molecule has 0 bridgehead atoms. The number of hydrogen-bond donors (Lipinski definition) is 0. The zero-order valence-electron chi connectivity index (χ0n) is 17.6. The summed E-state index contributed by atoms with van der Waals surface area (Å²) in [5.74, 6) is 0.212. The van der Waals surface area contributed by atoms with E-state index < -0.39 is 5.97 Å². The van der Waals surface area contributed by atoms with E-state index in [0.29, 0.717) is 17.1 Å². The molecule has 0 N–H and O–H groups in total. The van der Waals surface area contributed by atoms with Crippen LogP contribution in [0.4, 0.5) is 0 Å². The molecule has 4 aromatic rings. The fraction of sp³-hybridized carbons (Fsp3) is 0.0714. The summed E-state index contributed by atoms with van der Waals surface area (Å²) in [6.45, 7) is 1.91. The van der Waals surface area contributed by atoms with Gasteiger partial charge in [0.05, 0.1) is 11.6 Å². The molecule has 0 aliphatic carbocycles.